The molecule has 5 aromatic rings. The Morgan fingerprint density at radius 1 is 0.870 bits per heavy atom. The van der Waals surface area contributed by atoms with Crippen molar-refractivity contribution in [3.8, 4) is 0 Å². The molecule has 110 valence electrons. The third-order valence-electron chi connectivity index (χ3n) is 4.29. The maximum atomic E-state index is 6.25. The Kier molecular flexibility index (Phi) is 2.48. The molecule has 0 atom stereocenters. The summed E-state index contributed by atoms with van der Waals surface area (Å²) in [4.78, 5) is 9.59. The molecular weight excluding hydrogens is 306 g/mol. The van der Waals surface area contributed by atoms with Crippen molar-refractivity contribution in [2.45, 2.75) is 6.92 Å². The molecule has 0 fully saturated rings. The van der Waals surface area contributed by atoms with Crippen LogP contribution < -0.4 is 0 Å². The summed E-state index contributed by atoms with van der Waals surface area (Å²) in [5, 5.41) is 2.80. The summed E-state index contributed by atoms with van der Waals surface area (Å²) in [7, 11) is 0. The van der Waals surface area contributed by atoms with E-state index in [0.717, 1.165) is 44.2 Å². The van der Waals surface area contributed by atoms with E-state index in [2.05, 4.69) is 16.5 Å². The summed E-state index contributed by atoms with van der Waals surface area (Å²) >= 11 is 6.25. The minimum absolute atomic E-state index is 0.714. The van der Waals surface area contributed by atoms with Crippen LogP contribution in [0.3, 0.4) is 0 Å². The van der Waals surface area contributed by atoms with E-state index in [1.54, 1.807) is 0 Å². The van der Waals surface area contributed by atoms with Gasteiger partial charge in [-0.1, -0.05) is 23.7 Å². The highest BCUT2D eigenvalue weighted by Gasteiger charge is 2.14. The lowest BCUT2D eigenvalue weighted by atomic mass is 10.1. The summed E-state index contributed by atoms with van der Waals surface area (Å²) in [5.74, 6) is 0. The quantitative estimate of drug-likeness (QED) is 0.370. The van der Waals surface area contributed by atoms with Crippen LogP contribution in [-0.2, 0) is 0 Å². The van der Waals surface area contributed by atoms with Gasteiger partial charge in [0, 0.05) is 21.5 Å². The van der Waals surface area contributed by atoms with Gasteiger partial charge in [-0.05, 0) is 49.4 Å². The van der Waals surface area contributed by atoms with E-state index in [0.29, 0.717) is 5.02 Å². The fourth-order valence-corrected chi connectivity index (χ4v) is 3.46. The van der Waals surface area contributed by atoms with Crippen LogP contribution in [0.2, 0.25) is 5.02 Å². The molecule has 2 aromatic carbocycles. The summed E-state index contributed by atoms with van der Waals surface area (Å²) in [5.41, 5.74) is 6.02. The van der Waals surface area contributed by atoms with E-state index in [1.165, 1.54) is 0 Å². The highest BCUT2D eigenvalue weighted by Crippen LogP contribution is 2.32. The molecule has 3 nitrogen and oxygen atoms in total. The molecule has 23 heavy (non-hydrogen) atoms. The molecule has 3 heterocycles. The lowest BCUT2D eigenvalue weighted by molar-refractivity contribution is 1.25. The number of rotatable bonds is 0. The van der Waals surface area contributed by atoms with Gasteiger partial charge < -0.3 is 0 Å². The Morgan fingerprint density at radius 3 is 2.65 bits per heavy atom. The summed E-state index contributed by atoms with van der Waals surface area (Å²) < 4.78 is 2.19. The van der Waals surface area contributed by atoms with Crippen molar-refractivity contribution in [1.29, 1.82) is 0 Å². The molecule has 0 aliphatic rings. The largest absolute Gasteiger partial charge is 0.292 e. The van der Waals surface area contributed by atoms with Gasteiger partial charge in [0.15, 0.2) is 0 Å². The molecule has 4 heteroatoms. The number of hydrogen-bond donors (Lipinski definition) is 0. The van der Waals surface area contributed by atoms with Crippen molar-refractivity contribution in [2.24, 2.45) is 0 Å². The Morgan fingerprint density at radius 2 is 1.74 bits per heavy atom. The molecule has 0 unspecified atom stereocenters. The Balaban J connectivity index is 2.20. The number of hydrogen-bond acceptors (Lipinski definition) is 2. The van der Waals surface area contributed by atoms with E-state index in [1.807, 2.05) is 49.4 Å². The Bertz CT molecular complexity index is 1240. The van der Waals surface area contributed by atoms with Gasteiger partial charge in [-0.15, -0.1) is 0 Å². The number of benzene rings is 2. The first-order chi connectivity index (χ1) is 11.2. The number of imidazole rings is 1. The van der Waals surface area contributed by atoms with Crippen molar-refractivity contribution >= 4 is 50.1 Å². The fourth-order valence-electron chi connectivity index (χ4n) is 3.29. The van der Waals surface area contributed by atoms with Gasteiger partial charge in [0.2, 0.25) is 0 Å². The van der Waals surface area contributed by atoms with Crippen LogP contribution >= 0.6 is 11.6 Å². The van der Waals surface area contributed by atoms with Crippen LogP contribution in [0.15, 0.2) is 54.6 Å². The summed E-state index contributed by atoms with van der Waals surface area (Å²) in [6, 6.07) is 18.3. The van der Waals surface area contributed by atoms with E-state index in [-0.39, 0.29) is 0 Å². The highest BCUT2D eigenvalue weighted by atomic mass is 35.5. The molecule has 0 saturated heterocycles. The Hall–Kier alpha value is -2.65. The fraction of sp³-hybridized carbons (Fsp3) is 0.0526. The number of pyridine rings is 2. The number of aryl methyl sites for hydroxylation is 1. The van der Waals surface area contributed by atoms with E-state index >= 15 is 0 Å². The highest BCUT2D eigenvalue weighted by molar-refractivity contribution is 6.31. The molecular formula is C19H12ClN3. The molecule has 3 aromatic heterocycles. The van der Waals surface area contributed by atoms with Crippen LogP contribution in [0, 0.1) is 6.92 Å². The predicted molar refractivity (Wildman–Crippen MR) is 95.3 cm³/mol. The first-order valence-electron chi connectivity index (χ1n) is 7.48. The lowest BCUT2D eigenvalue weighted by Gasteiger charge is -2.09. The molecule has 0 amide bonds. The van der Waals surface area contributed by atoms with Gasteiger partial charge in [-0.2, -0.15) is 0 Å². The normalized spacial score (nSPS) is 11.9. The third kappa shape index (κ3) is 1.71. The number of aromatic nitrogens is 3. The molecule has 0 aliphatic heterocycles. The second-order valence-corrected chi connectivity index (χ2v) is 6.21. The number of halogens is 1. The monoisotopic (exact) mass is 317 g/mol. The zero-order valence-corrected chi connectivity index (χ0v) is 13.2. The standard InChI is InChI=1S/C19H12ClN3/c1-11-6-8-13-18(21-11)14-10-12(20)7-9-16(14)23-17-5-3-2-4-15(17)22-19(13)23/h2-10H,1H3. The SMILES string of the molecule is Cc1ccc2c(n1)c1cc(Cl)ccc1n1c3ccccc3nc21. The van der Waals surface area contributed by atoms with Gasteiger partial charge in [-0.25, -0.2) is 4.98 Å². The van der Waals surface area contributed by atoms with Crippen LogP contribution in [0.25, 0.3) is 38.5 Å². The van der Waals surface area contributed by atoms with E-state index < -0.39 is 0 Å². The van der Waals surface area contributed by atoms with Gasteiger partial charge in [-0.3, -0.25) is 9.38 Å². The summed E-state index contributed by atoms with van der Waals surface area (Å²) in [6.45, 7) is 2.00. The molecule has 0 N–H and O–H groups in total. The average Bonchev–Trinajstić information content (AvgIpc) is 2.94. The maximum absolute atomic E-state index is 6.25. The number of para-hydroxylation sites is 2. The van der Waals surface area contributed by atoms with Crippen molar-refractivity contribution in [1.82, 2.24) is 14.4 Å². The molecule has 5 rings (SSSR count). The van der Waals surface area contributed by atoms with E-state index in [4.69, 9.17) is 21.6 Å². The van der Waals surface area contributed by atoms with E-state index in [9.17, 15) is 0 Å². The number of fused-ring (bicyclic) bond motifs is 8. The second-order valence-electron chi connectivity index (χ2n) is 5.77. The van der Waals surface area contributed by atoms with Crippen molar-refractivity contribution in [3.05, 3.63) is 65.3 Å². The van der Waals surface area contributed by atoms with Crippen molar-refractivity contribution in [3.63, 3.8) is 0 Å². The first-order valence-corrected chi connectivity index (χ1v) is 7.86. The lowest BCUT2D eigenvalue weighted by Crippen LogP contribution is -1.94. The zero-order chi connectivity index (χ0) is 15.6. The molecule has 0 radical (unpaired) electrons. The van der Waals surface area contributed by atoms with Crippen molar-refractivity contribution < 1.29 is 0 Å². The predicted octanol–water partition coefficient (Wildman–Crippen LogP) is 5.15. The van der Waals surface area contributed by atoms with Gasteiger partial charge in [0.1, 0.15) is 5.65 Å². The van der Waals surface area contributed by atoms with Gasteiger partial charge in [0.05, 0.1) is 22.1 Å². The second kappa shape index (κ2) is 4.43. The van der Waals surface area contributed by atoms with Gasteiger partial charge in [0.25, 0.3) is 0 Å². The molecule has 0 aliphatic carbocycles. The van der Waals surface area contributed by atoms with Crippen molar-refractivity contribution in [2.75, 3.05) is 0 Å². The first kappa shape index (κ1) is 12.9. The zero-order valence-electron chi connectivity index (χ0n) is 12.4. The third-order valence-corrected chi connectivity index (χ3v) is 4.53. The maximum Gasteiger partial charge on any atom is 0.147 e. The minimum atomic E-state index is 0.714. The average molecular weight is 318 g/mol. The van der Waals surface area contributed by atoms with Crippen LogP contribution in [0.5, 0.6) is 0 Å². The topological polar surface area (TPSA) is 30.2 Å². The smallest absolute Gasteiger partial charge is 0.147 e. The Labute approximate surface area is 137 Å². The van der Waals surface area contributed by atoms with Crippen LogP contribution in [0.4, 0.5) is 0 Å². The number of nitrogens with zero attached hydrogens (tertiary/aromatic N) is 3. The molecule has 0 saturated carbocycles. The van der Waals surface area contributed by atoms with Gasteiger partial charge >= 0.3 is 0 Å². The molecule has 0 spiro atoms. The van der Waals surface area contributed by atoms with Crippen LogP contribution in [-0.4, -0.2) is 14.4 Å². The van der Waals surface area contributed by atoms with Crippen LogP contribution in [0.1, 0.15) is 5.69 Å². The minimum Gasteiger partial charge on any atom is -0.292 e. The molecule has 0 bridgehead atoms. The summed E-state index contributed by atoms with van der Waals surface area (Å²) in [6.07, 6.45) is 0.